The Bertz CT molecular complexity index is 611. The molecule has 0 aliphatic rings. The maximum Gasteiger partial charge on any atom is 0.129 e. The first-order valence-electron chi connectivity index (χ1n) is 5.39. The van der Waals surface area contributed by atoms with E-state index >= 15 is 0 Å². The highest BCUT2D eigenvalue weighted by atomic mass is 19.1. The maximum absolute atomic E-state index is 13.6. The van der Waals surface area contributed by atoms with E-state index in [1.807, 2.05) is 6.07 Å². The summed E-state index contributed by atoms with van der Waals surface area (Å²) in [6.07, 6.45) is 1.63. The summed E-state index contributed by atoms with van der Waals surface area (Å²) in [4.78, 5) is 0. The Morgan fingerprint density at radius 3 is 2.89 bits per heavy atom. The van der Waals surface area contributed by atoms with E-state index in [-0.39, 0.29) is 5.82 Å². The van der Waals surface area contributed by atoms with Crippen molar-refractivity contribution in [2.45, 2.75) is 13.5 Å². The van der Waals surface area contributed by atoms with Gasteiger partial charge in [0.25, 0.3) is 0 Å². The van der Waals surface area contributed by atoms with Gasteiger partial charge in [0.1, 0.15) is 5.82 Å². The Balaban J connectivity index is 2.22. The molecule has 0 bridgehead atoms. The molecular weight excluding hydrogens is 233 g/mol. The van der Waals surface area contributed by atoms with Crippen LogP contribution in [0.25, 0.3) is 0 Å². The van der Waals surface area contributed by atoms with Crippen LogP contribution < -0.4 is 5.32 Å². The lowest BCUT2D eigenvalue weighted by Gasteiger charge is -2.10. The van der Waals surface area contributed by atoms with Gasteiger partial charge < -0.3 is 5.32 Å². The second-order valence-corrected chi connectivity index (χ2v) is 3.94. The number of nitrogens with zero attached hydrogens (tertiary/aromatic N) is 4. The fraction of sp³-hybridized carbons (Fsp3) is 0.250. The summed E-state index contributed by atoms with van der Waals surface area (Å²) < 4.78 is 15.2. The van der Waals surface area contributed by atoms with E-state index in [9.17, 15) is 4.39 Å². The maximum atomic E-state index is 13.6. The molecule has 0 radical (unpaired) electrons. The summed E-state index contributed by atoms with van der Waals surface area (Å²) in [5.74, 6) is -0.389. The van der Waals surface area contributed by atoms with Gasteiger partial charge in [0.15, 0.2) is 0 Å². The number of benzene rings is 1. The lowest BCUT2D eigenvalue weighted by atomic mass is 10.1. The summed E-state index contributed by atoms with van der Waals surface area (Å²) in [5.41, 5.74) is 2.26. The number of anilines is 1. The van der Waals surface area contributed by atoms with Gasteiger partial charge in [-0.3, -0.25) is 4.68 Å². The zero-order chi connectivity index (χ0) is 13.1. The molecular formula is C12H12FN5. The number of hydrogen-bond acceptors (Lipinski definition) is 4. The van der Waals surface area contributed by atoms with E-state index in [0.717, 1.165) is 5.69 Å². The third-order valence-corrected chi connectivity index (χ3v) is 2.74. The van der Waals surface area contributed by atoms with Crippen molar-refractivity contribution >= 4 is 5.69 Å². The van der Waals surface area contributed by atoms with Crippen molar-refractivity contribution in [1.82, 2.24) is 15.0 Å². The Kier molecular flexibility index (Phi) is 3.24. The quantitative estimate of drug-likeness (QED) is 0.894. The minimum Gasteiger partial charge on any atom is -0.379 e. The molecule has 1 N–H and O–H groups in total. The Morgan fingerprint density at radius 2 is 2.28 bits per heavy atom. The summed E-state index contributed by atoms with van der Waals surface area (Å²) in [7, 11) is 1.78. The number of nitriles is 1. The van der Waals surface area contributed by atoms with Crippen LogP contribution in [0.15, 0.2) is 18.3 Å². The molecule has 0 saturated carbocycles. The average Bonchev–Trinajstić information content (AvgIpc) is 2.76. The Hall–Kier alpha value is -2.42. The van der Waals surface area contributed by atoms with Crippen LogP contribution in [0.5, 0.6) is 0 Å². The first-order chi connectivity index (χ1) is 8.61. The molecule has 5 nitrogen and oxygen atoms in total. The highest BCUT2D eigenvalue weighted by Crippen LogP contribution is 2.20. The van der Waals surface area contributed by atoms with Crippen LogP contribution in [-0.2, 0) is 13.6 Å². The molecule has 1 aromatic carbocycles. The standard InChI is InChI=1S/C12H12FN5/c1-8-11(13)3-9(5-14)4-12(8)15-6-10-7-16-17-18(10)2/h3-4,7,15H,6H2,1-2H3. The molecule has 0 amide bonds. The summed E-state index contributed by atoms with van der Waals surface area (Å²) in [5, 5.41) is 19.4. The lowest BCUT2D eigenvalue weighted by molar-refractivity contribution is 0.618. The minimum atomic E-state index is -0.389. The van der Waals surface area contributed by atoms with Crippen LogP contribution >= 0.6 is 0 Å². The average molecular weight is 245 g/mol. The Morgan fingerprint density at radius 1 is 1.50 bits per heavy atom. The molecule has 2 rings (SSSR count). The molecule has 0 aliphatic carbocycles. The van der Waals surface area contributed by atoms with Crippen LogP contribution in [0.1, 0.15) is 16.8 Å². The van der Waals surface area contributed by atoms with Crippen LogP contribution in [0.2, 0.25) is 0 Å². The van der Waals surface area contributed by atoms with Crippen LogP contribution in [-0.4, -0.2) is 15.0 Å². The second kappa shape index (κ2) is 4.84. The molecule has 0 fully saturated rings. The van der Waals surface area contributed by atoms with Crippen LogP contribution in [0.3, 0.4) is 0 Å². The molecule has 18 heavy (non-hydrogen) atoms. The largest absolute Gasteiger partial charge is 0.379 e. The van der Waals surface area contributed by atoms with Gasteiger partial charge in [-0.05, 0) is 19.1 Å². The molecule has 0 saturated heterocycles. The van der Waals surface area contributed by atoms with Gasteiger partial charge in [-0.1, -0.05) is 5.21 Å². The number of aromatic nitrogens is 3. The molecule has 92 valence electrons. The number of nitrogens with one attached hydrogen (secondary N) is 1. The summed E-state index contributed by atoms with van der Waals surface area (Å²) >= 11 is 0. The summed E-state index contributed by atoms with van der Waals surface area (Å²) in [6.45, 7) is 2.14. The first kappa shape index (κ1) is 12.0. The fourth-order valence-corrected chi connectivity index (χ4v) is 1.58. The molecule has 2 aromatic rings. The molecule has 0 aliphatic heterocycles. The van der Waals surface area contributed by atoms with Gasteiger partial charge in [-0.25, -0.2) is 4.39 Å². The smallest absolute Gasteiger partial charge is 0.129 e. The fourth-order valence-electron chi connectivity index (χ4n) is 1.58. The van der Waals surface area contributed by atoms with Crippen molar-refractivity contribution in [2.75, 3.05) is 5.32 Å². The molecule has 0 atom stereocenters. The highest BCUT2D eigenvalue weighted by Gasteiger charge is 2.08. The number of hydrogen-bond donors (Lipinski definition) is 1. The van der Waals surface area contributed by atoms with Crippen molar-refractivity contribution in [2.24, 2.45) is 7.05 Å². The highest BCUT2D eigenvalue weighted by molar-refractivity contribution is 5.55. The van der Waals surface area contributed by atoms with Crippen LogP contribution in [0, 0.1) is 24.1 Å². The monoisotopic (exact) mass is 245 g/mol. The number of halogens is 1. The van der Waals surface area contributed by atoms with Gasteiger partial charge in [-0.2, -0.15) is 5.26 Å². The number of aryl methyl sites for hydroxylation is 1. The van der Waals surface area contributed by atoms with E-state index in [1.165, 1.54) is 6.07 Å². The van der Waals surface area contributed by atoms with E-state index in [1.54, 1.807) is 30.9 Å². The van der Waals surface area contributed by atoms with Gasteiger partial charge in [0, 0.05) is 18.3 Å². The molecule has 0 unspecified atom stereocenters. The van der Waals surface area contributed by atoms with Gasteiger partial charge in [0.05, 0.1) is 30.1 Å². The van der Waals surface area contributed by atoms with Gasteiger partial charge in [0.2, 0.25) is 0 Å². The van der Waals surface area contributed by atoms with E-state index < -0.39 is 0 Å². The van der Waals surface area contributed by atoms with Gasteiger partial charge in [-0.15, -0.1) is 5.10 Å². The van der Waals surface area contributed by atoms with Crippen molar-refractivity contribution in [1.29, 1.82) is 5.26 Å². The molecule has 1 heterocycles. The first-order valence-corrected chi connectivity index (χ1v) is 5.39. The molecule has 6 heteroatoms. The third kappa shape index (κ3) is 2.30. The van der Waals surface area contributed by atoms with Crippen molar-refractivity contribution < 1.29 is 4.39 Å². The topological polar surface area (TPSA) is 66.5 Å². The van der Waals surface area contributed by atoms with E-state index in [0.29, 0.717) is 23.4 Å². The van der Waals surface area contributed by atoms with Crippen LogP contribution in [0.4, 0.5) is 10.1 Å². The normalized spacial score (nSPS) is 10.1. The Labute approximate surface area is 104 Å². The molecule has 0 spiro atoms. The summed E-state index contributed by atoms with van der Waals surface area (Å²) in [6, 6.07) is 4.79. The van der Waals surface area contributed by atoms with Crippen molar-refractivity contribution in [3.8, 4) is 6.07 Å². The zero-order valence-corrected chi connectivity index (χ0v) is 10.1. The molecule has 1 aromatic heterocycles. The van der Waals surface area contributed by atoms with E-state index in [2.05, 4.69) is 15.6 Å². The van der Waals surface area contributed by atoms with E-state index in [4.69, 9.17) is 5.26 Å². The SMILES string of the molecule is Cc1c(F)cc(C#N)cc1NCc1cnnn1C. The van der Waals surface area contributed by atoms with Crippen molar-refractivity contribution in [3.05, 3.63) is 41.0 Å². The predicted molar refractivity (Wildman–Crippen MR) is 64.2 cm³/mol. The third-order valence-electron chi connectivity index (χ3n) is 2.74. The lowest BCUT2D eigenvalue weighted by Crippen LogP contribution is -2.07. The minimum absolute atomic E-state index is 0.295. The number of rotatable bonds is 3. The zero-order valence-electron chi connectivity index (χ0n) is 10.1. The predicted octanol–water partition coefficient (Wildman–Crippen LogP) is 1.75. The van der Waals surface area contributed by atoms with Gasteiger partial charge >= 0.3 is 0 Å². The van der Waals surface area contributed by atoms with Crippen molar-refractivity contribution in [3.63, 3.8) is 0 Å². The second-order valence-electron chi connectivity index (χ2n) is 3.94.